The maximum Gasteiger partial charge on any atom is 0.182 e. The minimum atomic E-state index is 0.400. The van der Waals surface area contributed by atoms with Crippen molar-refractivity contribution in [2.24, 2.45) is 0 Å². The first-order valence-electron chi connectivity index (χ1n) is 6.51. The number of aromatic nitrogens is 4. The van der Waals surface area contributed by atoms with Gasteiger partial charge in [-0.2, -0.15) is 0 Å². The summed E-state index contributed by atoms with van der Waals surface area (Å²) in [5.74, 6) is 1.48. The Morgan fingerprint density at radius 3 is 2.79 bits per heavy atom. The number of hydrogen-bond donors (Lipinski definition) is 1. The molecule has 1 aromatic heterocycles. The molecule has 0 atom stereocenters. The second kappa shape index (κ2) is 4.87. The molecule has 2 aromatic rings. The number of nitrogens with zero attached hydrogens (tertiary/aromatic N) is 4. The van der Waals surface area contributed by atoms with E-state index < -0.39 is 0 Å². The molecular formula is C13H17N5O. The quantitative estimate of drug-likeness (QED) is 0.853. The zero-order valence-electron chi connectivity index (χ0n) is 10.9. The van der Waals surface area contributed by atoms with Gasteiger partial charge in [0.15, 0.2) is 5.82 Å². The van der Waals surface area contributed by atoms with Gasteiger partial charge in [0.1, 0.15) is 5.75 Å². The molecule has 0 radical (unpaired) electrons. The first-order valence-corrected chi connectivity index (χ1v) is 6.51. The van der Waals surface area contributed by atoms with Crippen LogP contribution in [0.5, 0.6) is 5.75 Å². The third-order valence-corrected chi connectivity index (χ3v) is 3.59. The van der Waals surface area contributed by atoms with Crippen LogP contribution in [0, 0.1) is 0 Å². The molecule has 6 heteroatoms. The summed E-state index contributed by atoms with van der Waals surface area (Å²) in [7, 11) is 1.62. The van der Waals surface area contributed by atoms with E-state index >= 15 is 0 Å². The SMILES string of the molecule is COc1cc(N)cc(-c2nnnn2C2CCCC2)c1. The predicted octanol–water partition coefficient (Wildman–Crippen LogP) is 2.05. The average molecular weight is 259 g/mol. The van der Waals surface area contributed by atoms with Gasteiger partial charge in [0.25, 0.3) is 0 Å². The molecule has 2 N–H and O–H groups in total. The normalized spacial score (nSPS) is 15.8. The lowest BCUT2D eigenvalue weighted by atomic mass is 10.1. The highest BCUT2D eigenvalue weighted by Gasteiger charge is 2.22. The summed E-state index contributed by atoms with van der Waals surface area (Å²) >= 11 is 0. The van der Waals surface area contributed by atoms with Crippen molar-refractivity contribution in [1.82, 2.24) is 20.2 Å². The van der Waals surface area contributed by atoms with Crippen LogP contribution in [0.1, 0.15) is 31.7 Å². The van der Waals surface area contributed by atoms with Gasteiger partial charge in [-0.25, -0.2) is 4.68 Å². The number of anilines is 1. The third-order valence-electron chi connectivity index (χ3n) is 3.59. The molecule has 1 fully saturated rings. The van der Waals surface area contributed by atoms with Gasteiger partial charge < -0.3 is 10.5 Å². The first kappa shape index (κ1) is 12.0. The number of nitrogen functional groups attached to an aromatic ring is 1. The van der Waals surface area contributed by atoms with Gasteiger partial charge >= 0.3 is 0 Å². The van der Waals surface area contributed by atoms with Gasteiger partial charge in [0.05, 0.1) is 13.2 Å². The van der Waals surface area contributed by atoms with Crippen molar-refractivity contribution in [3.8, 4) is 17.1 Å². The number of benzene rings is 1. The van der Waals surface area contributed by atoms with Crippen LogP contribution in [0.4, 0.5) is 5.69 Å². The molecule has 6 nitrogen and oxygen atoms in total. The Morgan fingerprint density at radius 1 is 1.26 bits per heavy atom. The summed E-state index contributed by atoms with van der Waals surface area (Å²) in [6, 6.07) is 5.97. The summed E-state index contributed by atoms with van der Waals surface area (Å²) < 4.78 is 7.16. The molecule has 1 aliphatic carbocycles. The van der Waals surface area contributed by atoms with Crippen LogP contribution in [0.3, 0.4) is 0 Å². The number of ether oxygens (including phenoxy) is 1. The standard InChI is InChI=1S/C13H17N5O/c1-19-12-7-9(6-10(14)8-12)13-15-16-17-18(13)11-4-2-3-5-11/h6-8,11H,2-5,14H2,1H3. The molecule has 0 aliphatic heterocycles. The number of hydrogen-bond acceptors (Lipinski definition) is 5. The Hall–Kier alpha value is -2.11. The number of tetrazole rings is 1. The largest absolute Gasteiger partial charge is 0.497 e. The molecule has 0 unspecified atom stereocenters. The summed E-state index contributed by atoms with van der Waals surface area (Å²) in [5.41, 5.74) is 7.43. The molecule has 1 aromatic carbocycles. The first-order chi connectivity index (χ1) is 9.28. The third kappa shape index (κ3) is 2.25. The zero-order chi connectivity index (χ0) is 13.2. The van der Waals surface area contributed by atoms with E-state index in [9.17, 15) is 0 Å². The second-order valence-corrected chi connectivity index (χ2v) is 4.88. The Balaban J connectivity index is 2.02. The Morgan fingerprint density at radius 2 is 2.05 bits per heavy atom. The fourth-order valence-corrected chi connectivity index (χ4v) is 2.65. The van der Waals surface area contributed by atoms with Crippen LogP contribution in [0.25, 0.3) is 11.4 Å². The van der Waals surface area contributed by atoms with Gasteiger partial charge in [0.2, 0.25) is 0 Å². The molecule has 0 spiro atoms. The summed E-state index contributed by atoms with van der Waals surface area (Å²) in [6.07, 6.45) is 4.75. The fourth-order valence-electron chi connectivity index (χ4n) is 2.65. The number of rotatable bonds is 3. The van der Waals surface area contributed by atoms with E-state index in [2.05, 4.69) is 15.5 Å². The second-order valence-electron chi connectivity index (χ2n) is 4.88. The minimum Gasteiger partial charge on any atom is -0.497 e. The molecule has 100 valence electrons. The molecule has 3 rings (SSSR count). The fraction of sp³-hybridized carbons (Fsp3) is 0.462. The molecule has 0 bridgehead atoms. The van der Waals surface area contributed by atoms with Crippen molar-refractivity contribution < 1.29 is 4.74 Å². The lowest BCUT2D eigenvalue weighted by Crippen LogP contribution is -2.09. The van der Waals surface area contributed by atoms with E-state index in [1.165, 1.54) is 12.8 Å². The van der Waals surface area contributed by atoms with Crippen molar-refractivity contribution in [3.63, 3.8) is 0 Å². The minimum absolute atomic E-state index is 0.400. The molecular weight excluding hydrogens is 242 g/mol. The van der Waals surface area contributed by atoms with Crippen LogP contribution in [-0.4, -0.2) is 27.3 Å². The molecule has 0 saturated heterocycles. The van der Waals surface area contributed by atoms with E-state index in [0.717, 1.165) is 30.0 Å². The van der Waals surface area contributed by atoms with E-state index in [0.29, 0.717) is 11.7 Å². The van der Waals surface area contributed by atoms with Crippen LogP contribution >= 0.6 is 0 Å². The van der Waals surface area contributed by atoms with Crippen molar-refractivity contribution in [2.75, 3.05) is 12.8 Å². The van der Waals surface area contributed by atoms with Gasteiger partial charge in [-0.05, 0) is 35.4 Å². The predicted molar refractivity (Wildman–Crippen MR) is 71.7 cm³/mol. The average Bonchev–Trinajstić information content (AvgIpc) is 3.08. The molecule has 1 aliphatic rings. The van der Waals surface area contributed by atoms with Crippen LogP contribution in [0.2, 0.25) is 0 Å². The van der Waals surface area contributed by atoms with Gasteiger partial charge in [-0.3, -0.25) is 0 Å². The van der Waals surface area contributed by atoms with Crippen LogP contribution in [-0.2, 0) is 0 Å². The molecule has 0 amide bonds. The van der Waals surface area contributed by atoms with Crippen LogP contribution < -0.4 is 10.5 Å². The van der Waals surface area contributed by atoms with Gasteiger partial charge in [-0.1, -0.05) is 12.8 Å². The highest BCUT2D eigenvalue weighted by Crippen LogP contribution is 2.33. The summed E-state index contributed by atoms with van der Waals surface area (Å²) in [6.45, 7) is 0. The van der Waals surface area contributed by atoms with E-state index in [1.54, 1.807) is 13.2 Å². The van der Waals surface area contributed by atoms with E-state index in [-0.39, 0.29) is 0 Å². The maximum absolute atomic E-state index is 5.89. The Kier molecular flexibility index (Phi) is 3.06. The summed E-state index contributed by atoms with van der Waals surface area (Å²) in [5, 5.41) is 12.1. The smallest absolute Gasteiger partial charge is 0.182 e. The lowest BCUT2D eigenvalue weighted by Gasteiger charge is -2.12. The topological polar surface area (TPSA) is 78.8 Å². The van der Waals surface area contributed by atoms with Crippen molar-refractivity contribution in [3.05, 3.63) is 18.2 Å². The van der Waals surface area contributed by atoms with E-state index in [1.807, 2.05) is 16.8 Å². The number of nitrogens with two attached hydrogens (primary N) is 1. The van der Waals surface area contributed by atoms with Gasteiger partial charge in [0, 0.05) is 17.3 Å². The maximum atomic E-state index is 5.89. The monoisotopic (exact) mass is 259 g/mol. The van der Waals surface area contributed by atoms with Crippen molar-refractivity contribution in [2.45, 2.75) is 31.7 Å². The van der Waals surface area contributed by atoms with E-state index in [4.69, 9.17) is 10.5 Å². The Bertz CT molecular complexity index is 574. The zero-order valence-corrected chi connectivity index (χ0v) is 10.9. The Labute approximate surface area is 111 Å². The van der Waals surface area contributed by atoms with Gasteiger partial charge in [-0.15, -0.1) is 5.10 Å². The molecule has 1 saturated carbocycles. The number of methoxy groups -OCH3 is 1. The lowest BCUT2D eigenvalue weighted by molar-refractivity contribution is 0.415. The highest BCUT2D eigenvalue weighted by atomic mass is 16.5. The van der Waals surface area contributed by atoms with Crippen molar-refractivity contribution in [1.29, 1.82) is 0 Å². The van der Waals surface area contributed by atoms with Crippen molar-refractivity contribution >= 4 is 5.69 Å². The summed E-state index contributed by atoms with van der Waals surface area (Å²) in [4.78, 5) is 0. The molecule has 1 heterocycles. The molecule has 19 heavy (non-hydrogen) atoms. The highest BCUT2D eigenvalue weighted by molar-refractivity contribution is 5.64. The van der Waals surface area contributed by atoms with Crippen LogP contribution in [0.15, 0.2) is 18.2 Å².